The Bertz CT molecular complexity index is 758. The van der Waals surface area contributed by atoms with Crippen LogP contribution in [0.1, 0.15) is 58.8 Å². The van der Waals surface area contributed by atoms with Crippen molar-refractivity contribution < 1.29 is 19.1 Å². The average molecular weight is 402 g/mol. The van der Waals surface area contributed by atoms with Crippen LogP contribution in [0.15, 0.2) is 24.3 Å². The van der Waals surface area contributed by atoms with Gasteiger partial charge in [-0.15, -0.1) is 0 Å². The largest absolute Gasteiger partial charge is 0.479 e. The summed E-state index contributed by atoms with van der Waals surface area (Å²) in [6, 6.07) is 7.19. The maximum absolute atomic E-state index is 13.0. The van der Waals surface area contributed by atoms with E-state index in [1.165, 1.54) is 4.90 Å². The molecule has 2 N–H and O–H groups in total. The number of ether oxygens (including phenoxy) is 1. The normalized spacial score (nSPS) is 20.4. The van der Waals surface area contributed by atoms with Gasteiger partial charge < -0.3 is 15.4 Å². The molecule has 0 bridgehead atoms. The van der Waals surface area contributed by atoms with Crippen molar-refractivity contribution in [2.75, 3.05) is 18.0 Å². The van der Waals surface area contributed by atoms with Gasteiger partial charge in [-0.2, -0.15) is 0 Å². The third-order valence-corrected chi connectivity index (χ3v) is 5.71. The van der Waals surface area contributed by atoms with E-state index in [2.05, 4.69) is 17.6 Å². The summed E-state index contributed by atoms with van der Waals surface area (Å²) < 4.78 is 5.63. The number of carbonyl (C=O) groups is 3. The van der Waals surface area contributed by atoms with Crippen LogP contribution >= 0.6 is 0 Å². The highest BCUT2D eigenvalue weighted by Crippen LogP contribution is 2.34. The standard InChI is InChI=1S/C22H31N3O4/c1-3-4-14-23-21(28)22(12-8-5-9-13-22)24-19(26)15-25-17-10-6-7-11-18(17)29-16(2)20(25)27/h6-7,10-11,16H,3-5,8-9,12-15H2,1-2H3,(H,23,28)(H,24,26)/t16-/m1/s1. The maximum Gasteiger partial charge on any atom is 0.268 e. The van der Waals surface area contributed by atoms with E-state index in [1.807, 2.05) is 6.07 Å². The van der Waals surface area contributed by atoms with Crippen LogP contribution in [0.5, 0.6) is 5.75 Å². The number of fused-ring (bicyclic) bond motifs is 1. The summed E-state index contributed by atoms with van der Waals surface area (Å²) in [6.07, 6.45) is 5.37. The summed E-state index contributed by atoms with van der Waals surface area (Å²) >= 11 is 0. The molecule has 0 radical (unpaired) electrons. The van der Waals surface area contributed by atoms with Crippen LogP contribution in [0.2, 0.25) is 0 Å². The summed E-state index contributed by atoms with van der Waals surface area (Å²) in [5, 5.41) is 5.97. The number of rotatable bonds is 7. The van der Waals surface area contributed by atoms with Gasteiger partial charge in [0.1, 0.15) is 17.8 Å². The van der Waals surface area contributed by atoms with Gasteiger partial charge in [0.2, 0.25) is 11.8 Å². The fourth-order valence-corrected chi connectivity index (χ4v) is 4.08. The van der Waals surface area contributed by atoms with Gasteiger partial charge >= 0.3 is 0 Å². The van der Waals surface area contributed by atoms with E-state index < -0.39 is 11.6 Å². The second-order valence-electron chi connectivity index (χ2n) is 7.95. The van der Waals surface area contributed by atoms with Crippen LogP contribution in [0.4, 0.5) is 5.69 Å². The summed E-state index contributed by atoms with van der Waals surface area (Å²) in [7, 11) is 0. The molecule has 29 heavy (non-hydrogen) atoms. The van der Waals surface area contributed by atoms with E-state index in [4.69, 9.17) is 4.74 Å². The summed E-state index contributed by atoms with van der Waals surface area (Å²) in [5.41, 5.74) is -0.306. The van der Waals surface area contributed by atoms with E-state index in [1.54, 1.807) is 25.1 Å². The fourth-order valence-electron chi connectivity index (χ4n) is 4.08. The van der Waals surface area contributed by atoms with Gasteiger partial charge in [-0.3, -0.25) is 19.3 Å². The van der Waals surface area contributed by atoms with Crippen molar-refractivity contribution in [2.45, 2.75) is 70.4 Å². The lowest BCUT2D eigenvalue weighted by Gasteiger charge is -2.38. The summed E-state index contributed by atoms with van der Waals surface area (Å²) in [5.74, 6) is -0.114. The molecule has 1 saturated carbocycles. The van der Waals surface area contributed by atoms with Crippen molar-refractivity contribution in [1.82, 2.24) is 10.6 Å². The molecule has 158 valence electrons. The first kappa shape index (κ1) is 21.1. The molecule has 1 aliphatic heterocycles. The van der Waals surface area contributed by atoms with E-state index in [9.17, 15) is 14.4 Å². The fraction of sp³-hybridized carbons (Fsp3) is 0.591. The third-order valence-electron chi connectivity index (χ3n) is 5.71. The molecule has 0 unspecified atom stereocenters. The van der Waals surface area contributed by atoms with Crippen LogP contribution in [-0.2, 0) is 14.4 Å². The minimum absolute atomic E-state index is 0.110. The Hall–Kier alpha value is -2.57. The average Bonchev–Trinajstić information content (AvgIpc) is 2.72. The number of hydrogen-bond acceptors (Lipinski definition) is 4. The van der Waals surface area contributed by atoms with Gasteiger partial charge in [-0.1, -0.05) is 44.7 Å². The van der Waals surface area contributed by atoms with Gasteiger partial charge in [-0.05, 0) is 38.3 Å². The lowest BCUT2D eigenvalue weighted by atomic mass is 9.80. The zero-order valence-electron chi connectivity index (χ0n) is 17.3. The Morgan fingerprint density at radius 3 is 2.66 bits per heavy atom. The number of nitrogens with zero attached hydrogens (tertiary/aromatic N) is 1. The number of amides is 3. The minimum atomic E-state index is -0.885. The first-order valence-corrected chi connectivity index (χ1v) is 10.6. The zero-order chi connectivity index (χ0) is 20.9. The molecular formula is C22H31N3O4. The molecule has 0 spiro atoms. The van der Waals surface area contributed by atoms with Crippen LogP contribution < -0.4 is 20.3 Å². The molecule has 1 heterocycles. The van der Waals surface area contributed by atoms with E-state index in [0.29, 0.717) is 30.8 Å². The molecule has 3 rings (SSSR count). The van der Waals surface area contributed by atoms with Gasteiger partial charge in [0.05, 0.1) is 5.69 Å². The van der Waals surface area contributed by atoms with Crippen molar-refractivity contribution in [3.63, 3.8) is 0 Å². The van der Waals surface area contributed by atoms with Crippen LogP contribution in [-0.4, -0.2) is 42.5 Å². The lowest BCUT2D eigenvalue weighted by molar-refractivity contribution is -0.135. The Morgan fingerprint density at radius 1 is 1.21 bits per heavy atom. The van der Waals surface area contributed by atoms with E-state index in [-0.39, 0.29) is 24.3 Å². The summed E-state index contributed by atoms with van der Waals surface area (Å²) in [4.78, 5) is 40.0. The molecule has 3 amide bonds. The lowest BCUT2D eigenvalue weighted by Crippen LogP contribution is -2.61. The minimum Gasteiger partial charge on any atom is -0.479 e. The first-order chi connectivity index (χ1) is 14.0. The molecule has 1 aromatic rings. The van der Waals surface area contributed by atoms with Crippen molar-refractivity contribution >= 4 is 23.4 Å². The second kappa shape index (κ2) is 9.29. The SMILES string of the molecule is CCCCNC(=O)C1(NC(=O)CN2C(=O)[C@@H](C)Oc3ccccc32)CCCCC1. The molecular weight excluding hydrogens is 370 g/mol. The zero-order valence-corrected chi connectivity index (χ0v) is 17.3. The number of carbonyl (C=O) groups excluding carboxylic acids is 3. The Morgan fingerprint density at radius 2 is 1.93 bits per heavy atom. The number of unbranched alkanes of at least 4 members (excludes halogenated alkanes) is 1. The van der Waals surface area contributed by atoms with E-state index >= 15 is 0 Å². The topological polar surface area (TPSA) is 87.7 Å². The second-order valence-corrected chi connectivity index (χ2v) is 7.95. The van der Waals surface area contributed by atoms with Crippen molar-refractivity contribution in [2.24, 2.45) is 0 Å². The Balaban J connectivity index is 1.73. The highest BCUT2D eigenvalue weighted by atomic mass is 16.5. The van der Waals surface area contributed by atoms with Crippen molar-refractivity contribution in [1.29, 1.82) is 0 Å². The maximum atomic E-state index is 13.0. The predicted octanol–water partition coefficient (Wildman–Crippen LogP) is 2.54. The monoisotopic (exact) mass is 401 g/mol. The highest BCUT2D eigenvalue weighted by molar-refractivity contribution is 6.04. The number of hydrogen-bond donors (Lipinski definition) is 2. The molecule has 1 aliphatic carbocycles. The Kier molecular flexibility index (Phi) is 6.77. The van der Waals surface area contributed by atoms with Crippen LogP contribution in [0.3, 0.4) is 0 Å². The Labute approximate surface area is 172 Å². The molecule has 7 heteroatoms. The van der Waals surface area contributed by atoms with Gasteiger partial charge in [0, 0.05) is 6.54 Å². The first-order valence-electron chi connectivity index (χ1n) is 10.6. The van der Waals surface area contributed by atoms with Crippen LogP contribution in [0.25, 0.3) is 0 Å². The number of benzene rings is 1. The number of nitrogens with one attached hydrogen (secondary N) is 2. The number of para-hydroxylation sites is 2. The van der Waals surface area contributed by atoms with Crippen LogP contribution in [0, 0.1) is 0 Å². The molecule has 2 aliphatic rings. The van der Waals surface area contributed by atoms with Crippen molar-refractivity contribution in [3.8, 4) is 5.75 Å². The third kappa shape index (κ3) is 4.71. The molecule has 1 fully saturated rings. The van der Waals surface area contributed by atoms with Gasteiger partial charge in [0.15, 0.2) is 6.10 Å². The molecule has 7 nitrogen and oxygen atoms in total. The van der Waals surface area contributed by atoms with Gasteiger partial charge in [-0.25, -0.2) is 0 Å². The predicted molar refractivity (Wildman–Crippen MR) is 111 cm³/mol. The van der Waals surface area contributed by atoms with E-state index in [0.717, 1.165) is 32.1 Å². The van der Waals surface area contributed by atoms with Crippen molar-refractivity contribution in [3.05, 3.63) is 24.3 Å². The number of anilines is 1. The highest BCUT2D eigenvalue weighted by Gasteiger charge is 2.41. The molecule has 0 aromatic heterocycles. The summed E-state index contributed by atoms with van der Waals surface area (Å²) in [6.45, 7) is 4.22. The molecule has 0 saturated heterocycles. The molecule has 1 atom stereocenters. The molecule has 1 aromatic carbocycles. The quantitative estimate of drug-likeness (QED) is 0.688. The van der Waals surface area contributed by atoms with Gasteiger partial charge in [0.25, 0.3) is 5.91 Å². The smallest absolute Gasteiger partial charge is 0.268 e.